The molecule has 17 heavy (non-hydrogen) atoms. The summed E-state index contributed by atoms with van der Waals surface area (Å²) in [5.41, 5.74) is 1.72. The second-order valence-electron chi connectivity index (χ2n) is 3.38. The van der Waals surface area contributed by atoms with Crippen molar-refractivity contribution in [2.75, 3.05) is 0 Å². The van der Waals surface area contributed by atoms with E-state index in [2.05, 4.69) is 63.7 Å². The molecule has 2 aromatic carbocycles. The Morgan fingerprint density at radius 1 is 0.765 bits per heavy atom. The summed E-state index contributed by atoms with van der Waals surface area (Å²) in [4.78, 5) is 0. The lowest BCUT2D eigenvalue weighted by Gasteiger charge is -2.10. The number of benzene rings is 2. The van der Waals surface area contributed by atoms with E-state index in [1.54, 1.807) is 0 Å². The SMILES string of the molecule is Oc1c(-c2ccc(Br)cc2Br)ccc(Br)c1Br. The Bertz CT molecular complexity index is 581. The molecule has 5 heteroatoms. The number of hydrogen-bond donors (Lipinski definition) is 1. The zero-order valence-electron chi connectivity index (χ0n) is 8.35. The van der Waals surface area contributed by atoms with Crippen molar-refractivity contribution in [3.63, 3.8) is 0 Å². The average Bonchev–Trinajstić information content (AvgIpc) is 2.28. The third-order valence-electron chi connectivity index (χ3n) is 2.29. The first-order valence-electron chi connectivity index (χ1n) is 4.63. The normalized spacial score (nSPS) is 10.6. The summed E-state index contributed by atoms with van der Waals surface area (Å²) in [6.45, 7) is 0. The molecule has 2 rings (SSSR count). The highest BCUT2D eigenvalue weighted by molar-refractivity contribution is 9.13. The van der Waals surface area contributed by atoms with Crippen molar-refractivity contribution < 1.29 is 5.11 Å². The minimum absolute atomic E-state index is 0.224. The minimum Gasteiger partial charge on any atom is -0.506 e. The second-order valence-corrected chi connectivity index (χ2v) is 6.80. The van der Waals surface area contributed by atoms with Crippen LogP contribution in [0.3, 0.4) is 0 Å². The van der Waals surface area contributed by atoms with E-state index in [4.69, 9.17) is 0 Å². The van der Waals surface area contributed by atoms with Gasteiger partial charge < -0.3 is 5.11 Å². The first kappa shape index (κ1) is 13.6. The monoisotopic (exact) mass is 482 g/mol. The molecule has 0 aliphatic carbocycles. The molecule has 88 valence electrons. The van der Waals surface area contributed by atoms with E-state index in [0.29, 0.717) is 4.47 Å². The highest BCUT2D eigenvalue weighted by Crippen LogP contribution is 2.42. The summed E-state index contributed by atoms with van der Waals surface area (Å²) in [6, 6.07) is 9.61. The van der Waals surface area contributed by atoms with E-state index in [0.717, 1.165) is 24.5 Å². The lowest BCUT2D eigenvalue weighted by molar-refractivity contribution is 0.473. The van der Waals surface area contributed by atoms with Gasteiger partial charge in [-0.25, -0.2) is 0 Å². The van der Waals surface area contributed by atoms with Gasteiger partial charge in [-0.3, -0.25) is 0 Å². The zero-order chi connectivity index (χ0) is 12.6. The molecule has 0 aliphatic heterocycles. The molecule has 0 saturated carbocycles. The molecule has 2 aromatic rings. The lowest BCUT2D eigenvalue weighted by atomic mass is 10.1. The van der Waals surface area contributed by atoms with Crippen molar-refractivity contribution in [3.05, 3.63) is 48.2 Å². The van der Waals surface area contributed by atoms with Gasteiger partial charge in [-0.15, -0.1) is 0 Å². The Kier molecular flexibility index (Phi) is 4.34. The summed E-state index contributed by atoms with van der Waals surface area (Å²) in [6.07, 6.45) is 0. The van der Waals surface area contributed by atoms with Crippen LogP contribution in [0.25, 0.3) is 11.1 Å². The average molecular weight is 486 g/mol. The van der Waals surface area contributed by atoms with Crippen LogP contribution in [-0.2, 0) is 0 Å². The van der Waals surface area contributed by atoms with E-state index in [1.807, 2.05) is 30.3 Å². The molecule has 0 aromatic heterocycles. The van der Waals surface area contributed by atoms with Crippen LogP contribution in [0, 0.1) is 0 Å². The number of halogens is 4. The van der Waals surface area contributed by atoms with Gasteiger partial charge in [-0.2, -0.15) is 0 Å². The molecule has 0 spiro atoms. The summed E-state index contributed by atoms with van der Waals surface area (Å²) in [5.74, 6) is 0.224. The van der Waals surface area contributed by atoms with Crippen molar-refractivity contribution in [1.29, 1.82) is 0 Å². The molecule has 0 amide bonds. The smallest absolute Gasteiger partial charge is 0.138 e. The van der Waals surface area contributed by atoms with Crippen LogP contribution in [-0.4, -0.2) is 5.11 Å². The maximum atomic E-state index is 10.1. The predicted octanol–water partition coefficient (Wildman–Crippen LogP) is 6.11. The number of phenols is 1. The first-order valence-corrected chi connectivity index (χ1v) is 7.80. The Balaban J connectivity index is 2.65. The van der Waals surface area contributed by atoms with Crippen LogP contribution in [0.5, 0.6) is 5.75 Å². The maximum Gasteiger partial charge on any atom is 0.138 e. The summed E-state index contributed by atoms with van der Waals surface area (Å²) in [7, 11) is 0. The van der Waals surface area contributed by atoms with Gasteiger partial charge in [0.2, 0.25) is 0 Å². The maximum absolute atomic E-state index is 10.1. The van der Waals surface area contributed by atoms with Crippen molar-refractivity contribution in [1.82, 2.24) is 0 Å². The second kappa shape index (κ2) is 5.43. The lowest BCUT2D eigenvalue weighted by Crippen LogP contribution is -1.83. The van der Waals surface area contributed by atoms with Gasteiger partial charge >= 0.3 is 0 Å². The number of rotatable bonds is 1. The first-order chi connectivity index (χ1) is 8.00. The van der Waals surface area contributed by atoms with E-state index in [1.165, 1.54) is 0 Å². The molecule has 1 N–H and O–H groups in total. The Hall–Kier alpha value is 0.160. The summed E-state index contributed by atoms with van der Waals surface area (Å²) < 4.78 is 3.40. The molecular formula is C12H6Br4O. The van der Waals surface area contributed by atoms with Gasteiger partial charge in [0, 0.05) is 19.0 Å². The van der Waals surface area contributed by atoms with Crippen LogP contribution >= 0.6 is 63.7 Å². The highest BCUT2D eigenvalue weighted by Gasteiger charge is 2.12. The topological polar surface area (TPSA) is 20.2 Å². The largest absolute Gasteiger partial charge is 0.506 e. The van der Waals surface area contributed by atoms with E-state index in [-0.39, 0.29) is 5.75 Å². The molecule has 1 nitrogen and oxygen atoms in total. The van der Waals surface area contributed by atoms with Crippen LogP contribution < -0.4 is 0 Å². The third-order valence-corrected chi connectivity index (χ3v) is 5.44. The minimum atomic E-state index is 0.224. The zero-order valence-corrected chi connectivity index (χ0v) is 14.7. The van der Waals surface area contributed by atoms with Crippen LogP contribution in [0.4, 0.5) is 0 Å². The highest BCUT2D eigenvalue weighted by atomic mass is 79.9. The van der Waals surface area contributed by atoms with Crippen molar-refractivity contribution in [3.8, 4) is 16.9 Å². The van der Waals surface area contributed by atoms with Gasteiger partial charge in [0.15, 0.2) is 0 Å². The quantitative estimate of drug-likeness (QED) is 0.517. The van der Waals surface area contributed by atoms with Crippen LogP contribution in [0.15, 0.2) is 48.2 Å². The van der Waals surface area contributed by atoms with Crippen molar-refractivity contribution in [2.24, 2.45) is 0 Å². The van der Waals surface area contributed by atoms with Gasteiger partial charge in [0.25, 0.3) is 0 Å². The number of hydrogen-bond acceptors (Lipinski definition) is 1. The van der Waals surface area contributed by atoms with E-state index in [9.17, 15) is 5.11 Å². The molecular weight excluding hydrogens is 480 g/mol. The van der Waals surface area contributed by atoms with E-state index >= 15 is 0 Å². The van der Waals surface area contributed by atoms with Gasteiger partial charge in [-0.1, -0.05) is 37.9 Å². The van der Waals surface area contributed by atoms with Gasteiger partial charge in [-0.05, 0) is 61.7 Å². The molecule has 0 saturated heterocycles. The Labute approximate surface area is 133 Å². The molecule has 0 unspecified atom stereocenters. The van der Waals surface area contributed by atoms with Gasteiger partial charge in [0.05, 0.1) is 4.47 Å². The van der Waals surface area contributed by atoms with Crippen molar-refractivity contribution in [2.45, 2.75) is 0 Å². The fourth-order valence-corrected chi connectivity index (χ4v) is 3.39. The van der Waals surface area contributed by atoms with Gasteiger partial charge in [0.1, 0.15) is 5.75 Å². The fraction of sp³-hybridized carbons (Fsp3) is 0. The van der Waals surface area contributed by atoms with Crippen LogP contribution in [0.2, 0.25) is 0 Å². The standard InChI is InChI=1S/C12H6Br4O/c13-6-1-2-7(10(15)5-6)8-3-4-9(14)11(16)12(8)17/h1-5,17H. The Morgan fingerprint density at radius 2 is 1.41 bits per heavy atom. The van der Waals surface area contributed by atoms with E-state index < -0.39 is 0 Å². The predicted molar refractivity (Wildman–Crippen MR) is 84.3 cm³/mol. The fourth-order valence-electron chi connectivity index (χ4n) is 1.47. The Morgan fingerprint density at radius 3 is 2.06 bits per heavy atom. The molecule has 0 aliphatic rings. The third kappa shape index (κ3) is 2.78. The number of aromatic hydroxyl groups is 1. The number of phenolic OH excluding ortho intramolecular Hbond substituents is 1. The molecule has 0 atom stereocenters. The summed E-state index contributed by atoms with van der Waals surface area (Å²) >= 11 is 13.6. The molecule has 0 radical (unpaired) electrons. The van der Waals surface area contributed by atoms with Crippen LogP contribution in [0.1, 0.15) is 0 Å². The van der Waals surface area contributed by atoms with Crippen molar-refractivity contribution >= 4 is 63.7 Å². The molecule has 0 heterocycles. The molecule has 0 fully saturated rings. The summed E-state index contributed by atoms with van der Waals surface area (Å²) in [5, 5.41) is 10.1. The molecule has 0 bridgehead atoms.